The number of ether oxygens (including phenoxy) is 1. The Morgan fingerprint density at radius 1 is 1.33 bits per heavy atom. The average molecular weight is 305 g/mol. The highest BCUT2D eigenvalue weighted by Crippen LogP contribution is 2.20. The van der Waals surface area contributed by atoms with Crippen LogP contribution in [0.25, 0.3) is 0 Å². The van der Waals surface area contributed by atoms with Crippen molar-refractivity contribution in [1.82, 2.24) is 0 Å². The van der Waals surface area contributed by atoms with Crippen molar-refractivity contribution in [2.75, 3.05) is 13.7 Å². The van der Waals surface area contributed by atoms with Gasteiger partial charge in [-0.15, -0.1) is 11.3 Å². The molecule has 1 N–H and O–H groups in total. The van der Waals surface area contributed by atoms with Crippen LogP contribution < -0.4 is 4.74 Å². The SMILES string of the molecule is COc1cccc(/C(=N\OCCC(=O)O)c2cccs2)c1. The van der Waals surface area contributed by atoms with E-state index >= 15 is 0 Å². The molecule has 0 aliphatic carbocycles. The Kier molecular flexibility index (Phi) is 5.34. The molecule has 2 aromatic rings. The number of carboxylic acids is 1. The smallest absolute Gasteiger partial charge is 0.306 e. The Balaban J connectivity index is 2.23. The summed E-state index contributed by atoms with van der Waals surface area (Å²) in [5.74, 6) is -0.188. The molecule has 0 unspecified atom stereocenters. The fraction of sp³-hybridized carbons (Fsp3) is 0.200. The van der Waals surface area contributed by atoms with E-state index in [-0.39, 0.29) is 13.0 Å². The molecular weight excluding hydrogens is 290 g/mol. The lowest BCUT2D eigenvalue weighted by molar-refractivity contribution is -0.138. The first kappa shape index (κ1) is 15.1. The number of carboxylic acid groups (broad SMARTS) is 1. The summed E-state index contributed by atoms with van der Waals surface area (Å²) in [6.45, 7) is 0.0359. The van der Waals surface area contributed by atoms with E-state index in [1.54, 1.807) is 7.11 Å². The van der Waals surface area contributed by atoms with Gasteiger partial charge in [0.25, 0.3) is 0 Å². The van der Waals surface area contributed by atoms with Gasteiger partial charge in [-0.3, -0.25) is 4.79 Å². The molecule has 0 saturated heterocycles. The van der Waals surface area contributed by atoms with Gasteiger partial charge in [0.15, 0.2) is 0 Å². The molecule has 6 heteroatoms. The molecule has 0 radical (unpaired) electrons. The molecule has 0 spiro atoms. The van der Waals surface area contributed by atoms with Crippen LogP contribution in [0.2, 0.25) is 0 Å². The molecule has 5 nitrogen and oxygen atoms in total. The Hall–Kier alpha value is -2.34. The van der Waals surface area contributed by atoms with Crippen LogP contribution in [-0.4, -0.2) is 30.5 Å². The molecule has 2 rings (SSSR count). The normalized spacial score (nSPS) is 11.2. The summed E-state index contributed by atoms with van der Waals surface area (Å²) in [6, 6.07) is 11.3. The van der Waals surface area contributed by atoms with Gasteiger partial charge >= 0.3 is 5.97 Å². The van der Waals surface area contributed by atoms with Crippen molar-refractivity contribution in [2.45, 2.75) is 6.42 Å². The summed E-state index contributed by atoms with van der Waals surface area (Å²) >= 11 is 1.54. The number of thiophene rings is 1. The molecule has 1 aromatic carbocycles. The van der Waals surface area contributed by atoms with Crippen LogP contribution in [0.1, 0.15) is 16.9 Å². The second kappa shape index (κ2) is 7.44. The van der Waals surface area contributed by atoms with Crippen molar-refractivity contribution in [1.29, 1.82) is 0 Å². The lowest BCUT2D eigenvalue weighted by Crippen LogP contribution is -2.05. The van der Waals surface area contributed by atoms with E-state index in [4.69, 9.17) is 14.7 Å². The van der Waals surface area contributed by atoms with Crippen LogP contribution in [0.4, 0.5) is 0 Å². The third-order valence-electron chi connectivity index (χ3n) is 2.66. The van der Waals surface area contributed by atoms with Crippen LogP contribution in [-0.2, 0) is 9.63 Å². The fourth-order valence-corrected chi connectivity index (χ4v) is 2.39. The van der Waals surface area contributed by atoms with Gasteiger partial charge in [-0.1, -0.05) is 23.4 Å². The number of methoxy groups -OCH3 is 1. The topological polar surface area (TPSA) is 68.1 Å². The number of benzene rings is 1. The van der Waals surface area contributed by atoms with Gasteiger partial charge in [-0.25, -0.2) is 0 Å². The zero-order valence-corrected chi connectivity index (χ0v) is 12.3. The molecule has 1 aromatic heterocycles. The minimum absolute atomic E-state index is 0.0359. The van der Waals surface area contributed by atoms with Crippen molar-refractivity contribution in [3.63, 3.8) is 0 Å². The predicted molar refractivity (Wildman–Crippen MR) is 81.2 cm³/mol. The van der Waals surface area contributed by atoms with Gasteiger partial charge < -0.3 is 14.7 Å². The number of aliphatic carboxylic acids is 1. The summed E-state index contributed by atoms with van der Waals surface area (Å²) in [6.07, 6.45) is -0.0840. The molecule has 0 amide bonds. The first-order valence-electron chi connectivity index (χ1n) is 6.31. The molecule has 0 bridgehead atoms. The van der Waals surface area contributed by atoms with Crippen LogP contribution >= 0.6 is 11.3 Å². The number of nitrogens with zero attached hydrogens (tertiary/aromatic N) is 1. The first-order chi connectivity index (χ1) is 10.2. The van der Waals surface area contributed by atoms with Crippen LogP contribution in [0.5, 0.6) is 5.75 Å². The number of hydrogen-bond donors (Lipinski definition) is 1. The quantitative estimate of drug-likeness (QED) is 0.485. The maximum atomic E-state index is 10.5. The minimum atomic E-state index is -0.913. The largest absolute Gasteiger partial charge is 0.497 e. The number of oxime groups is 1. The fourth-order valence-electron chi connectivity index (χ4n) is 1.67. The summed E-state index contributed by atoms with van der Waals surface area (Å²) in [4.78, 5) is 16.6. The van der Waals surface area contributed by atoms with Gasteiger partial charge in [-0.05, 0) is 23.6 Å². The van der Waals surface area contributed by atoms with E-state index in [1.165, 1.54) is 11.3 Å². The molecule has 0 saturated carbocycles. The van der Waals surface area contributed by atoms with E-state index in [9.17, 15) is 4.79 Å². The minimum Gasteiger partial charge on any atom is -0.497 e. The molecule has 0 fully saturated rings. The summed E-state index contributed by atoms with van der Waals surface area (Å²) in [5, 5.41) is 14.6. The molecule has 0 aliphatic heterocycles. The van der Waals surface area contributed by atoms with Gasteiger partial charge in [-0.2, -0.15) is 0 Å². The number of carbonyl (C=O) groups is 1. The van der Waals surface area contributed by atoms with E-state index < -0.39 is 5.97 Å². The number of hydrogen-bond acceptors (Lipinski definition) is 5. The Morgan fingerprint density at radius 3 is 2.86 bits per heavy atom. The lowest BCUT2D eigenvalue weighted by Gasteiger charge is -2.07. The Bertz CT molecular complexity index is 622. The summed E-state index contributed by atoms with van der Waals surface area (Å²) < 4.78 is 5.21. The predicted octanol–water partition coefficient (Wildman–Crippen LogP) is 3.00. The standard InChI is InChI=1S/C15H15NO4S/c1-19-12-5-2-4-11(10-12)15(13-6-3-9-21-13)16-20-8-7-14(17)18/h2-6,9-10H,7-8H2,1H3,(H,17,18)/b16-15+. The molecule has 1 heterocycles. The van der Waals surface area contributed by atoms with E-state index in [2.05, 4.69) is 5.16 Å². The molecule has 21 heavy (non-hydrogen) atoms. The second-order valence-electron chi connectivity index (χ2n) is 4.13. The highest BCUT2D eigenvalue weighted by atomic mass is 32.1. The maximum Gasteiger partial charge on any atom is 0.306 e. The van der Waals surface area contributed by atoms with Crippen molar-refractivity contribution >= 4 is 23.0 Å². The Morgan fingerprint density at radius 2 is 2.19 bits per heavy atom. The van der Waals surface area contributed by atoms with E-state index in [0.717, 1.165) is 16.2 Å². The third kappa shape index (κ3) is 4.32. The average Bonchev–Trinajstić information content (AvgIpc) is 3.01. The van der Waals surface area contributed by atoms with Gasteiger partial charge in [0.05, 0.1) is 18.4 Å². The first-order valence-corrected chi connectivity index (χ1v) is 7.18. The number of rotatable bonds is 7. The van der Waals surface area contributed by atoms with Crippen molar-refractivity contribution in [2.24, 2.45) is 5.16 Å². The Labute approximate surface area is 126 Å². The third-order valence-corrected chi connectivity index (χ3v) is 3.54. The highest BCUT2D eigenvalue weighted by molar-refractivity contribution is 7.12. The second-order valence-corrected chi connectivity index (χ2v) is 5.07. The zero-order chi connectivity index (χ0) is 15.1. The van der Waals surface area contributed by atoms with Gasteiger partial charge in [0.1, 0.15) is 18.1 Å². The summed E-state index contributed by atoms with van der Waals surface area (Å²) in [5.41, 5.74) is 1.52. The highest BCUT2D eigenvalue weighted by Gasteiger charge is 2.10. The van der Waals surface area contributed by atoms with Crippen molar-refractivity contribution < 1.29 is 19.5 Å². The lowest BCUT2D eigenvalue weighted by atomic mass is 10.1. The molecule has 110 valence electrons. The van der Waals surface area contributed by atoms with Crippen LogP contribution in [0.3, 0.4) is 0 Å². The molecule has 0 atom stereocenters. The van der Waals surface area contributed by atoms with Gasteiger partial charge in [0.2, 0.25) is 0 Å². The van der Waals surface area contributed by atoms with Crippen molar-refractivity contribution in [3.05, 3.63) is 52.2 Å². The van der Waals surface area contributed by atoms with Crippen LogP contribution in [0, 0.1) is 0 Å². The van der Waals surface area contributed by atoms with Crippen molar-refractivity contribution in [3.8, 4) is 5.75 Å². The van der Waals surface area contributed by atoms with E-state index in [1.807, 2.05) is 41.8 Å². The maximum absolute atomic E-state index is 10.5. The van der Waals surface area contributed by atoms with Crippen LogP contribution in [0.15, 0.2) is 46.9 Å². The van der Waals surface area contributed by atoms with E-state index in [0.29, 0.717) is 5.71 Å². The molecule has 0 aliphatic rings. The monoisotopic (exact) mass is 305 g/mol. The molecular formula is C15H15NO4S. The summed E-state index contributed by atoms with van der Waals surface area (Å²) in [7, 11) is 1.60. The zero-order valence-electron chi connectivity index (χ0n) is 11.5. The van der Waals surface area contributed by atoms with Gasteiger partial charge in [0, 0.05) is 5.56 Å².